The average molecular weight is 508 g/mol. The Morgan fingerprint density at radius 3 is 1.23 bits per heavy atom. The predicted molar refractivity (Wildman–Crippen MR) is 164 cm³/mol. The van der Waals surface area contributed by atoms with Gasteiger partial charge in [-0.05, 0) is 102 Å². The fraction of sp³-hybridized carbons (Fsp3) is 0.167. The van der Waals surface area contributed by atoms with Crippen LogP contribution in [0.4, 0.5) is 0 Å². The van der Waals surface area contributed by atoms with E-state index in [2.05, 4.69) is 155 Å². The Morgan fingerprint density at radius 1 is 0.385 bits per heavy atom. The highest BCUT2D eigenvalue weighted by atomic mass is 16.7. The number of benzene rings is 5. The van der Waals surface area contributed by atoms with Crippen molar-refractivity contribution in [3.63, 3.8) is 0 Å². The Kier molecular flexibility index (Phi) is 6.50. The van der Waals surface area contributed by atoms with Gasteiger partial charge in [0.2, 0.25) is 0 Å². The number of rotatable bonds is 5. The summed E-state index contributed by atoms with van der Waals surface area (Å²) in [6, 6.07) is 45.4. The minimum absolute atomic E-state index is 0.350. The lowest BCUT2D eigenvalue weighted by Crippen LogP contribution is -2.41. The van der Waals surface area contributed by atoms with Crippen molar-refractivity contribution in [2.45, 2.75) is 38.9 Å². The molecule has 192 valence electrons. The monoisotopic (exact) mass is 508 g/mol. The minimum Gasteiger partial charge on any atom is -0.399 e. The van der Waals surface area contributed by atoms with Crippen LogP contribution >= 0.6 is 0 Å². The second kappa shape index (κ2) is 10.00. The van der Waals surface area contributed by atoms with Gasteiger partial charge in [0.1, 0.15) is 0 Å². The lowest BCUT2D eigenvalue weighted by atomic mass is 9.78. The van der Waals surface area contributed by atoms with Crippen molar-refractivity contribution in [1.29, 1.82) is 0 Å². The summed E-state index contributed by atoms with van der Waals surface area (Å²) in [6.45, 7) is 8.34. The van der Waals surface area contributed by atoms with Crippen molar-refractivity contribution < 1.29 is 9.31 Å². The highest BCUT2D eigenvalue weighted by Crippen LogP contribution is 2.37. The van der Waals surface area contributed by atoms with E-state index < -0.39 is 0 Å². The van der Waals surface area contributed by atoms with Crippen LogP contribution in [0.15, 0.2) is 127 Å². The van der Waals surface area contributed by atoms with Gasteiger partial charge in [0.25, 0.3) is 0 Å². The van der Waals surface area contributed by atoms with Gasteiger partial charge in [0, 0.05) is 0 Å². The molecular weight excluding hydrogens is 475 g/mol. The highest BCUT2D eigenvalue weighted by molar-refractivity contribution is 6.62. The molecule has 0 aromatic heterocycles. The van der Waals surface area contributed by atoms with E-state index in [9.17, 15) is 0 Å². The normalized spacial score (nSPS) is 15.8. The van der Waals surface area contributed by atoms with Crippen molar-refractivity contribution in [2.75, 3.05) is 0 Å². The third kappa shape index (κ3) is 5.08. The molecule has 3 heteroatoms. The summed E-state index contributed by atoms with van der Waals surface area (Å²) in [7, 11) is -0.354. The third-order valence-electron chi connectivity index (χ3n) is 8.11. The molecular formula is C36H33BO2. The van der Waals surface area contributed by atoms with E-state index in [0.29, 0.717) is 0 Å². The fourth-order valence-electron chi connectivity index (χ4n) is 5.08. The van der Waals surface area contributed by atoms with E-state index >= 15 is 0 Å². The Labute approximate surface area is 232 Å². The van der Waals surface area contributed by atoms with Crippen LogP contribution in [0.2, 0.25) is 0 Å². The van der Waals surface area contributed by atoms with Gasteiger partial charge in [-0.1, -0.05) is 103 Å². The van der Waals surface area contributed by atoms with Gasteiger partial charge in [-0.2, -0.15) is 0 Å². The maximum atomic E-state index is 6.25. The maximum absolute atomic E-state index is 6.25. The van der Waals surface area contributed by atoms with E-state index in [1.807, 2.05) is 0 Å². The van der Waals surface area contributed by atoms with Crippen molar-refractivity contribution in [2.24, 2.45) is 0 Å². The lowest BCUT2D eigenvalue weighted by Gasteiger charge is -2.32. The summed E-state index contributed by atoms with van der Waals surface area (Å²) in [4.78, 5) is 0. The van der Waals surface area contributed by atoms with Gasteiger partial charge < -0.3 is 9.31 Å². The molecule has 2 nitrogen and oxygen atoms in total. The first-order valence-electron chi connectivity index (χ1n) is 13.6. The first-order valence-corrected chi connectivity index (χ1v) is 13.6. The van der Waals surface area contributed by atoms with E-state index in [1.165, 1.54) is 44.5 Å². The smallest absolute Gasteiger partial charge is 0.399 e. The SMILES string of the molecule is CC1(C)OB(c2ccc(-c3cccc(-c4cc(-c5ccccc5)cc(-c5ccccc5)c4)c3)cc2)OC1(C)C. The molecule has 0 amide bonds. The second-order valence-electron chi connectivity index (χ2n) is 11.3. The Balaban J connectivity index is 1.35. The highest BCUT2D eigenvalue weighted by Gasteiger charge is 2.51. The molecule has 0 unspecified atom stereocenters. The summed E-state index contributed by atoms with van der Waals surface area (Å²) < 4.78 is 12.5. The molecule has 0 saturated carbocycles. The molecule has 1 fully saturated rings. The molecule has 5 aromatic rings. The van der Waals surface area contributed by atoms with E-state index in [0.717, 1.165) is 5.46 Å². The van der Waals surface area contributed by atoms with Crippen molar-refractivity contribution in [3.8, 4) is 44.5 Å². The fourth-order valence-corrected chi connectivity index (χ4v) is 5.08. The molecule has 1 heterocycles. The van der Waals surface area contributed by atoms with Crippen LogP contribution in [0, 0.1) is 0 Å². The van der Waals surface area contributed by atoms with Crippen LogP contribution in [0.5, 0.6) is 0 Å². The van der Waals surface area contributed by atoms with Crippen molar-refractivity contribution in [1.82, 2.24) is 0 Å². The van der Waals surface area contributed by atoms with Crippen LogP contribution in [0.25, 0.3) is 44.5 Å². The molecule has 0 spiro atoms. The van der Waals surface area contributed by atoms with Crippen LogP contribution in [0.1, 0.15) is 27.7 Å². The number of hydrogen-bond acceptors (Lipinski definition) is 2. The Morgan fingerprint density at radius 2 is 0.744 bits per heavy atom. The molecule has 0 radical (unpaired) electrons. The van der Waals surface area contributed by atoms with Crippen LogP contribution < -0.4 is 5.46 Å². The molecule has 0 atom stereocenters. The molecule has 39 heavy (non-hydrogen) atoms. The first kappa shape index (κ1) is 25.4. The average Bonchev–Trinajstić information content (AvgIpc) is 3.20. The summed E-state index contributed by atoms with van der Waals surface area (Å²) in [5.74, 6) is 0. The summed E-state index contributed by atoms with van der Waals surface area (Å²) in [5.41, 5.74) is 9.93. The molecule has 1 aliphatic heterocycles. The quantitative estimate of drug-likeness (QED) is 0.221. The largest absolute Gasteiger partial charge is 0.494 e. The molecule has 0 N–H and O–H groups in total. The topological polar surface area (TPSA) is 18.5 Å². The van der Waals surface area contributed by atoms with Crippen molar-refractivity contribution >= 4 is 12.6 Å². The molecule has 0 bridgehead atoms. The van der Waals surface area contributed by atoms with Gasteiger partial charge in [0.15, 0.2) is 0 Å². The van der Waals surface area contributed by atoms with E-state index in [1.54, 1.807) is 0 Å². The van der Waals surface area contributed by atoms with Gasteiger partial charge in [-0.3, -0.25) is 0 Å². The molecule has 6 rings (SSSR count). The second-order valence-corrected chi connectivity index (χ2v) is 11.3. The number of hydrogen-bond donors (Lipinski definition) is 0. The van der Waals surface area contributed by atoms with Gasteiger partial charge in [-0.15, -0.1) is 0 Å². The predicted octanol–water partition coefficient (Wildman–Crippen LogP) is 8.65. The summed E-state index contributed by atoms with van der Waals surface area (Å²) >= 11 is 0. The molecule has 5 aromatic carbocycles. The maximum Gasteiger partial charge on any atom is 0.494 e. The molecule has 0 aliphatic carbocycles. The minimum atomic E-state index is -0.354. The van der Waals surface area contributed by atoms with E-state index in [-0.39, 0.29) is 18.3 Å². The van der Waals surface area contributed by atoms with Gasteiger partial charge in [-0.25, -0.2) is 0 Å². The lowest BCUT2D eigenvalue weighted by molar-refractivity contribution is 0.00578. The Hall–Kier alpha value is -3.92. The first-order chi connectivity index (χ1) is 18.8. The standard InChI is InChI=1S/C36H33BO2/c1-35(2)36(3,4)39-37(38-35)34-20-18-28(19-21-34)29-16-11-17-30(22-29)33-24-31(26-12-7-5-8-13-26)23-32(25-33)27-14-9-6-10-15-27/h5-25H,1-4H3. The zero-order valence-corrected chi connectivity index (χ0v) is 23.0. The third-order valence-corrected chi connectivity index (χ3v) is 8.11. The summed E-state index contributed by atoms with van der Waals surface area (Å²) in [6.07, 6.45) is 0. The zero-order valence-electron chi connectivity index (χ0n) is 23.0. The van der Waals surface area contributed by atoms with Crippen molar-refractivity contribution in [3.05, 3.63) is 127 Å². The Bertz CT molecular complexity index is 1520. The molecule has 1 saturated heterocycles. The van der Waals surface area contributed by atoms with Gasteiger partial charge >= 0.3 is 7.12 Å². The van der Waals surface area contributed by atoms with Crippen LogP contribution in [0.3, 0.4) is 0 Å². The summed E-state index contributed by atoms with van der Waals surface area (Å²) in [5, 5.41) is 0. The zero-order chi connectivity index (χ0) is 27.0. The molecule has 1 aliphatic rings. The van der Waals surface area contributed by atoms with Gasteiger partial charge in [0.05, 0.1) is 11.2 Å². The van der Waals surface area contributed by atoms with Crippen LogP contribution in [-0.2, 0) is 9.31 Å². The van der Waals surface area contributed by atoms with E-state index in [4.69, 9.17) is 9.31 Å². The van der Waals surface area contributed by atoms with Crippen LogP contribution in [-0.4, -0.2) is 18.3 Å².